The molecule has 5 heteroatoms. The molecule has 0 aromatic heterocycles. The molecule has 1 fully saturated rings. The van der Waals surface area contributed by atoms with Crippen LogP contribution in [0.3, 0.4) is 0 Å². The van der Waals surface area contributed by atoms with E-state index in [0.29, 0.717) is 10.7 Å². The Balaban J connectivity index is 1.97. The highest BCUT2D eigenvalue weighted by Gasteiger charge is 2.22. The van der Waals surface area contributed by atoms with E-state index >= 15 is 0 Å². The molecule has 1 amide bonds. The molecule has 19 heavy (non-hydrogen) atoms. The largest absolute Gasteiger partial charge is 0.323 e. The van der Waals surface area contributed by atoms with Gasteiger partial charge in [0.1, 0.15) is 0 Å². The Kier molecular flexibility index (Phi) is 5.55. The van der Waals surface area contributed by atoms with Crippen molar-refractivity contribution in [1.29, 1.82) is 0 Å². The van der Waals surface area contributed by atoms with Crippen LogP contribution in [0.5, 0.6) is 0 Å². The van der Waals surface area contributed by atoms with Gasteiger partial charge in [0.25, 0.3) is 0 Å². The number of hydrogen-bond donors (Lipinski definition) is 1. The number of anilines is 1. The normalized spacial score (nSPS) is 18.6. The lowest BCUT2D eigenvalue weighted by Gasteiger charge is -2.26. The van der Waals surface area contributed by atoms with Gasteiger partial charge in [0.2, 0.25) is 5.91 Å². The van der Waals surface area contributed by atoms with Crippen molar-refractivity contribution < 1.29 is 4.79 Å². The van der Waals surface area contributed by atoms with Crippen LogP contribution in [0, 0.1) is 0 Å². The molecule has 104 valence electrons. The maximum Gasteiger partial charge on any atom is 0.241 e. The van der Waals surface area contributed by atoms with Crippen LogP contribution in [-0.4, -0.2) is 41.4 Å². The van der Waals surface area contributed by atoms with Gasteiger partial charge in [-0.1, -0.05) is 23.7 Å². The molecule has 1 aromatic carbocycles. The summed E-state index contributed by atoms with van der Waals surface area (Å²) in [6.45, 7) is 3.92. The van der Waals surface area contributed by atoms with Gasteiger partial charge in [-0.2, -0.15) is 11.8 Å². The zero-order chi connectivity index (χ0) is 13.7. The summed E-state index contributed by atoms with van der Waals surface area (Å²) in [5, 5.41) is 3.49. The average Bonchev–Trinajstić information content (AvgIpc) is 2.69. The Morgan fingerprint density at radius 1 is 1.37 bits per heavy atom. The SMILES string of the molecule is CC(C(=O)Nc1ccccc1Cl)N1CCCSCC1. The van der Waals surface area contributed by atoms with Crippen LogP contribution >= 0.6 is 23.4 Å². The summed E-state index contributed by atoms with van der Waals surface area (Å²) in [5.41, 5.74) is 0.685. The maximum absolute atomic E-state index is 12.3. The summed E-state index contributed by atoms with van der Waals surface area (Å²) in [6.07, 6.45) is 1.15. The van der Waals surface area contributed by atoms with Gasteiger partial charge in [-0.15, -0.1) is 0 Å². The summed E-state index contributed by atoms with van der Waals surface area (Å²) >= 11 is 8.01. The Labute approximate surface area is 123 Å². The third-order valence-electron chi connectivity index (χ3n) is 3.32. The molecule has 3 nitrogen and oxygen atoms in total. The molecule has 1 unspecified atom stereocenters. The molecular formula is C14H19ClN2OS. The van der Waals surface area contributed by atoms with E-state index in [2.05, 4.69) is 10.2 Å². The number of carbonyl (C=O) groups excluding carboxylic acids is 1. The number of hydrogen-bond acceptors (Lipinski definition) is 3. The van der Waals surface area contributed by atoms with Gasteiger partial charge in [-0.3, -0.25) is 9.69 Å². The van der Waals surface area contributed by atoms with Crippen LogP contribution in [0.25, 0.3) is 0 Å². The zero-order valence-corrected chi connectivity index (χ0v) is 12.6. The van der Waals surface area contributed by atoms with Crippen LogP contribution in [0.15, 0.2) is 24.3 Å². The van der Waals surface area contributed by atoms with E-state index in [1.54, 1.807) is 6.07 Å². The Hall–Kier alpha value is -0.710. The fourth-order valence-electron chi connectivity index (χ4n) is 2.12. The molecule has 1 aromatic rings. The van der Waals surface area contributed by atoms with Gasteiger partial charge < -0.3 is 5.32 Å². The third-order valence-corrected chi connectivity index (χ3v) is 4.69. The van der Waals surface area contributed by atoms with Crippen molar-refractivity contribution in [3.63, 3.8) is 0 Å². The molecule has 2 rings (SSSR count). The second kappa shape index (κ2) is 7.17. The van der Waals surface area contributed by atoms with Crippen molar-refractivity contribution in [1.82, 2.24) is 4.90 Å². The molecule has 1 aliphatic heterocycles. The standard InChI is InChI=1S/C14H19ClN2OS/c1-11(17-7-4-9-19-10-8-17)14(18)16-13-6-3-2-5-12(13)15/h2-3,5-6,11H,4,7-10H2,1H3,(H,16,18). The lowest BCUT2D eigenvalue weighted by Crippen LogP contribution is -2.43. The first-order valence-corrected chi connectivity index (χ1v) is 8.09. The molecule has 1 saturated heterocycles. The topological polar surface area (TPSA) is 32.3 Å². The molecule has 0 saturated carbocycles. The first kappa shape index (κ1) is 14.7. The summed E-state index contributed by atoms with van der Waals surface area (Å²) in [6, 6.07) is 7.22. The molecule has 1 heterocycles. The quantitative estimate of drug-likeness (QED) is 0.930. The minimum Gasteiger partial charge on any atom is -0.323 e. The predicted molar refractivity (Wildman–Crippen MR) is 83.1 cm³/mol. The Morgan fingerprint density at radius 3 is 2.95 bits per heavy atom. The van der Waals surface area contributed by atoms with Gasteiger partial charge in [-0.05, 0) is 37.8 Å². The highest BCUT2D eigenvalue weighted by Crippen LogP contribution is 2.21. The van der Waals surface area contributed by atoms with Gasteiger partial charge in [0, 0.05) is 12.3 Å². The van der Waals surface area contributed by atoms with Crippen LogP contribution in [0.1, 0.15) is 13.3 Å². The monoisotopic (exact) mass is 298 g/mol. The highest BCUT2D eigenvalue weighted by molar-refractivity contribution is 7.99. The molecule has 0 bridgehead atoms. The van der Waals surface area contributed by atoms with E-state index in [-0.39, 0.29) is 11.9 Å². The lowest BCUT2D eigenvalue weighted by atomic mass is 10.2. The van der Waals surface area contributed by atoms with Gasteiger partial charge in [-0.25, -0.2) is 0 Å². The van der Waals surface area contributed by atoms with Gasteiger partial charge >= 0.3 is 0 Å². The summed E-state index contributed by atoms with van der Waals surface area (Å²) < 4.78 is 0. The van der Waals surface area contributed by atoms with E-state index in [0.717, 1.165) is 25.3 Å². The van der Waals surface area contributed by atoms with Crippen molar-refractivity contribution in [3.8, 4) is 0 Å². The lowest BCUT2D eigenvalue weighted by molar-refractivity contribution is -0.120. The van der Waals surface area contributed by atoms with Crippen LogP contribution in [0.2, 0.25) is 5.02 Å². The molecule has 0 radical (unpaired) electrons. The van der Waals surface area contributed by atoms with Crippen LogP contribution < -0.4 is 5.32 Å². The minimum atomic E-state index is -0.116. The van der Waals surface area contributed by atoms with Gasteiger partial charge in [0.05, 0.1) is 16.8 Å². The van der Waals surface area contributed by atoms with Crippen molar-refractivity contribution in [2.24, 2.45) is 0 Å². The number of carbonyl (C=O) groups is 1. The number of para-hydroxylation sites is 1. The first-order chi connectivity index (χ1) is 9.18. The number of rotatable bonds is 3. The number of nitrogens with one attached hydrogen (secondary N) is 1. The number of nitrogens with zero attached hydrogens (tertiary/aromatic N) is 1. The zero-order valence-electron chi connectivity index (χ0n) is 11.1. The number of amides is 1. The molecular weight excluding hydrogens is 280 g/mol. The summed E-state index contributed by atoms with van der Waals surface area (Å²) in [5.74, 6) is 2.30. The third kappa shape index (κ3) is 4.13. The smallest absolute Gasteiger partial charge is 0.241 e. The fraction of sp³-hybridized carbons (Fsp3) is 0.500. The molecule has 0 aliphatic carbocycles. The minimum absolute atomic E-state index is 0.0139. The average molecular weight is 299 g/mol. The molecule has 1 N–H and O–H groups in total. The summed E-state index contributed by atoms with van der Waals surface area (Å²) in [7, 11) is 0. The fourth-order valence-corrected chi connectivity index (χ4v) is 3.20. The van der Waals surface area contributed by atoms with Gasteiger partial charge in [0.15, 0.2) is 0 Å². The van der Waals surface area contributed by atoms with Crippen molar-refractivity contribution >= 4 is 35.0 Å². The molecule has 0 spiro atoms. The second-order valence-electron chi connectivity index (χ2n) is 4.65. The van der Waals surface area contributed by atoms with Crippen LogP contribution in [-0.2, 0) is 4.79 Å². The van der Waals surface area contributed by atoms with E-state index < -0.39 is 0 Å². The van der Waals surface area contributed by atoms with E-state index in [4.69, 9.17) is 11.6 Å². The van der Waals surface area contributed by atoms with Crippen molar-refractivity contribution in [3.05, 3.63) is 29.3 Å². The number of benzene rings is 1. The van der Waals surface area contributed by atoms with E-state index in [9.17, 15) is 4.79 Å². The second-order valence-corrected chi connectivity index (χ2v) is 6.28. The van der Waals surface area contributed by atoms with Crippen LogP contribution in [0.4, 0.5) is 5.69 Å². The van der Waals surface area contributed by atoms with Crippen molar-refractivity contribution in [2.75, 3.05) is 29.9 Å². The van der Waals surface area contributed by atoms with E-state index in [1.165, 1.54) is 5.75 Å². The first-order valence-electron chi connectivity index (χ1n) is 6.55. The summed E-state index contributed by atoms with van der Waals surface area (Å²) in [4.78, 5) is 14.5. The van der Waals surface area contributed by atoms with Crippen molar-refractivity contribution in [2.45, 2.75) is 19.4 Å². The number of halogens is 1. The maximum atomic E-state index is 12.3. The predicted octanol–water partition coefficient (Wildman–Crippen LogP) is 3.11. The number of thioether (sulfide) groups is 1. The Bertz CT molecular complexity index is 433. The molecule has 1 atom stereocenters. The molecule has 1 aliphatic rings. The van der Waals surface area contributed by atoms with E-state index in [1.807, 2.05) is 36.9 Å². The highest BCUT2D eigenvalue weighted by atomic mass is 35.5. The Morgan fingerprint density at radius 2 is 2.16 bits per heavy atom.